The molecule has 0 aliphatic carbocycles. The van der Waals surface area contributed by atoms with Crippen molar-refractivity contribution in [1.29, 1.82) is 0 Å². The molecule has 1 aromatic carbocycles. The fourth-order valence-corrected chi connectivity index (χ4v) is 1.95. The molecule has 0 atom stereocenters. The highest BCUT2D eigenvalue weighted by molar-refractivity contribution is 7.80. The zero-order chi connectivity index (χ0) is 19.4. The van der Waals surface area contributed by atoms with Crippen molar-refractivity contribution in [2.45, 2.75) is 26.2 Å². The summed E-state index contributed by atoms with van der Waals surface area (Å²) in [5, 5.41) is 2.60. The quantitative estimate of drug-likeness (QED) is 0.344. The zero-order valence-corrected chi connectivity index (χ0v) is 15.7. The Balaban J connectivity index is 2.20. The summed E-state index contributed by atoms with van der Waals surface area (Å²) in [5.74, 6) is -1.08. The molecular formula is C16H20ClN3O5S. The van der Waals surface area contributed by atoms with Crippen LogP contribution >= 0.6 is 23.8 Å². The first-order chi connectivity index (χ1) is 12.4. The summed E-state index contributed by atoms with van der Waals surface area (Å²) in [7, 11) is 0. The molecule has 0 aliphatic rings. The number of amides is 2. The van der Waals surface area contributed by atoms with Crippen LogP contribution in [0.2, 0.25) is 5.02 Å². The molecule has 142 valence electrons. The summed E-state index contributed by atoms with van der Waals surface area (Å²) < 4.78 is 10.1. The molecule has 26 heavy (non-hydrogen) atoms. The van der Waals surface area contributed by atoms with E-state index in [1.807, 2.05) is 6.92 Å². The minimum Gasteiger partial charge on any atom is -0.482 e. The molecule has 1 rings (SSSR count). The molecule has 2 amide bonds. The van der Waals surface area contributed by atoms with E-state index in [2.05, 4.69) is 16.2 Å². The van der Waals surface area contributed by atoms with E-state index in [0.29, 0.717) is 23.8 Å². The van der Waals surface area contributed by atoms with Gasteiger partial charge in [-0.25, -0.2) is 0 Å². The Hall–Kier alpha value is -2.39. The van der Waals surface area contributed by atoms with Gasteiger partial charge >= 0.3 is 5.97 Å². The van der Waals surface area contributed by atoms with Gasteiger partial charge in [-0.2, -0.15) is 0 Å². The molecule has 0 saturated carbocycles. The number of halogens is 1. The number of thiocarbonyl (C=S) groups is 1. The Labute approximate surface area is 161 Å². The van der Waals surface area contributed by atoms with Gasteiger partial charge in [0.05, 0.1) is 18.1 Å². The Morgan fingerprint density at radius 1 is 1.12 bits per heavy atom. The van der Waals surface area contributed by atoms with Crippen LogP contribution in [0.1, 0.15) is 26.2 Å². The van der Waals surface area contributed by atoms with E-state index in [1.165, 1.54) is 0 Å². The molecule has 0 fully saturated rings. The molecule has 0 spiro atoms. The first kappa shape index (κ1) is 21.7. The molecule has 0 unspecified atom stereocenters. The van der Waals surface area contributed by atoms with Gasteiger partial charge in [-0.3, -0.25) is 25.2 Å². The number of hydrogen-bond acceptors (Lipinski definition) is 6. The number of hydrazine groups is 1. The molecule has 1 aromatic rings. The maximum absolute atomic E-state index is 11.7. The lowest BCUT2D eigenvalue weighted by Gasteiger charge is -2.11. The van der Waals surface area contributed by atoms with Crippen LogP contribution in [0.15, 0.2) is 24.3 Å². The summed E-state index contributed by atoms with van der Waals surface area (Å²) in [5.41, 5.74) is 4.62. The largest absolute Gasteiger partial charge is 0.482 e. The lowest BCUT2D eigenvalue weighted by Crippen LogP contribution is -2.49. The average Bonchev–Trinajstić information content (AvgIpc) is 2.62. The van der Waals surface area contributed by atoms with Crippen molar-refractivity contribution in [3.05, 3.63) is 29.3 Å². The minimum atomic E-state index is -0.523. The number of nitrogens with one attached hydrogen (secondary N) is 3. The zero-order valence-electron chi connectivity index (χ0n) is 14.2. The van der Waals surface area contributed by atoms with E-state index in [4.69, 9.17) is 33.3 Å². The first-order valence-electron chi connectivity index (χ1n) is 7.84. The molecule has 0 bridgehead atoms. The van der Waals surface area contributed by atoms with Gasteiger partial charge < -0.3 is 14.8 Å². The summed E-state index contributed by atoms with van der Waals surface area (Å²) in [4.78, 5) is 34.6. The van der Waals surface area contributed by atoms with Crippen LogP contribution in [0.25, 0.3) is 0 Å². The molecule has 0 heterocycles. The number of ether oxygens (including phenoxy) is 2. The summed E-state index contributed by atoms with van der Waals surface area (Å²) in [6.07, 6.45) is 0.590. The van der Waals surface area contributed by atoms with Gasteiger partial charge in [0.15, 0.2) is 11.7 Å². The van der Waals surface area contributed by atoms with E-state index in [0.717, 1.165) is 0 Å². The number of esters is 1. The van der Waals surface area contributed by atoms with Gasteiger partial charge in [0, 0.05) is 6.42 Å². The normalized spacial score (nSPS) is 9.77. The molecule has 0 aliphatic heterocycles. The average molecular weight is 402 g/mol. The fourth-order valence-electron chi connectivity index (χ4n) is 1.59. The number of benzene rings is 1. The number of rotatable bonds is 8. The summed E-state index contributed by atoms with van der Waals surface area (Å²) in [6.45, 7) is 1.90. The van der Waals surface area contributed by atoms with Crippen molar-refractivity contribution in [3.63, 3.8) is 0 Å². The van der Waals surface area contributed by atoms with Crippen molar-refractivity contribution in [2.24, 2.45) is 0 Å². The van der Waals surface area contributed by atoms with Gasteiger partial charge in [-0.15, -0.1) is 0 Å². The molecule has 3 N–H and O–H groups in total. The van der Waals surface area contributed by atoms with E-state index >= 15 is 0 Å². The first-order valence-corrected chi connectivity index (χ1v) is 8.62. The Morgan fingerprint density at radius 2 is 1.85 bits per heavy atom. The highest BCUT2D eigenvalue weighted by atomic mass is 35.5. The maximum Gasteiger partial charge on any atom is 0.306 e. The highest BCUT2D eigenvalue weighted by Crippen LogP contribution is 2.22. The van der Waals surface area contributed by atoms with Gasteiger partial charge in [0.1, 0.15) is 5.75 Å². The van der Waals surface area contributed by atoms with Crippen molar-refractivity contribution < 1.29 is 23.9 Å². The highest BCUT2D eigenvalue weighted by Gasteiger charge is 2.10. The van der Waals surface area contributed by atoms with Crippen molar-refractivity contribution >= 4 is 46.7 Å². The second kappa shape index (κ2) is 12.0. The van der Waals surface area contributed by atoms with Crippen molar-refractivity contribution in [1.82, 2.24) is 16.2 Å². The Morgan fingerprint density at radius 3 is 2.54 bits per heavy atom. The molecular weight excluding hydrogens is 382 g/mol. The van der Waals surface area contributed by atoms with Gasteiger partial charge in [0.25, 0.3) is 5.91 Å². The molecule has 0 aromatic heterocycles. The summed E-state index contributed by atoms with van der Waals surface area (Å²) in [6, 6.07) is 6.72. The Bertz CT molecular complexity index is 657. The summed E-state index contributed by atoms with van der Waals surface area (Å²) >= 11 is 10.8. The molecule has 8 nitrogen and oxygen atoms in total. The third kappa shape index (κ3) is 9.19. The van der Waals surface area contributed by atoms with E-state index in [-0.39, 0.29) is 24.6 Å². The minimum absolute atomic E-state index is 0.0491. The number of carbonyl (C=O) groups is 3. The molecule has 0 radical (unpaired) electrons. The van der Waals surface area contributed by atoms with E-state index in [9.17, 15) is 14.4 Å². The van der Waals surface area contributed by atoms with Gasteiger partial charge in [0.2, 0.25) is 5.91 Å². The predicted molar refractivity (Wildman–Crippen MR) is 99.5 cm³/mol. The van der Waals surface area contributed by atoms with Crippen molar-refractivity contribution in [3.8, 4) is 5.75 Å². The van der Waals surface area contributed by atoms with Crippen molar-refractivity contribution in [2.75, 3.05) is 13.2 Å². The van der Waals surface area contributed by atoms with Crippen LogP contribution in [-0.4, -0.2) is 36.1 Å². The van der Waals surface area contributed by atoms with E-state index < -0.39 is 17.8 Å². The molecule has 0 saturated heterocycles. The van der Waals surface area contributed by atoms with E-state index in [1.54, 1.807) is 24.3 Å². The smallest absolute Gasteiger partial charge is 0.306 e. The van der Waals surface area contributed by atoms with Crippen LogP contribution in [0, 0.1) is 0 Å². The van der Waals surface area contributed by atoms with Crippen LogP contribution < -0.4 is 20.9 Å². The topological polar surface area (TPSA) is 106 Å². The van der Waals surface area contributed by atoms with Crippen LogP contribution in [-0.2, 0) is 19.1 Å². The van der Waals surface area contributed by atoms with Crippen LogP contribution in [0.3, 0.4) is 0 Å². The number of para-hydroxylation sites is 1. The fraction of sp³-hybridized carbons (Fsp3) is 0.375. The lowest BCUT2D eigenvalue weighted by molar-refractivity contribution is -0.144. The van der Waals surface area contributed by atoms with Crippen LogP contribution in [0.5, 0.6) is 5.75 Å². The third-order valence-corrected chi connectivity index (χ3v) is 3.30. The third-order valence-electron chi connectivity index (χ3n) is 2.79. The number of hydrogen-bond donors (Lipinski definition) is 3. The lowest BCUT2D eigenvalue weighted by atomic mass is 10.3. The predicted octanol–water partition coefficient (Wildman–Crippen LogP) is 1.47. The monoisotopic (exact) mass is 401 g/mol. The second-order valence-corrected chi connectivity index (χ2v) is 5.81. The SMILES string of the molecule is CCCOC(=O)CCC(=O)NC(=S)NNC(=O)COc1ccccc1Cl. The number of carbonyl (C=O) groups excluding carboxylic acids is 3. The van der Waals surface area contributed by atoms with Gasteiger partial charge in [-0.05, 0) is 30.8 Å². The maximum atomic E-state index is 11.7. The second-order valence-electron chi connectivity index (χ2n) is 4.99. The van der Waals surface area contributed by atoms with Crippen LogP contribution in [0.4, 0.5) is 0 Å². The van der Waals surface area contributed by atoms with Gasteiger partial charge in [-0.1, -0.05) is 30.7 Å². The standard InChI is InChI=1S/C16H20ClN3O5S/c1-2-9-24-15(23)8-7-13(21)18-16(26)20-19-14(22)10-25-12-6-4-3-5-11(12)17/h3-6H,2,7-10H2,1H3,(H,19,22)(H2,18,20,21,26). The molecule has 10 heteroatoms. The Kier molecular flexibility index (Phi) is 10.0.